The minimum Gasteiger partial charge on any atom is -0.444 e. The number of sulfonamides is 2. The summed E-state index contributed by atoms with van der Waals surface area (Å²) in [6.45, 7) is 9.99. The van der Waals surface area contributed by atoms with E-state index >= 15 is 0 Å². The van der Waals surface area contributed by atoms with Gasteiger partial charge in [-0.25, -0.2) is 50.2 Å². The van der Waals surface area contributed by atoms with E-state index in [9.17, 15) is 31.2 Å². The van der Waals surface area contributed by atoms with Gasteiger partial charge in [-0.15, -0.1) is 22.7 Å². The van der Waals surface area contributed by atoms with Crippen LogP contribution in [0.5, 0.6) is 0 Å². The second-order valence-electron chi connectivity index (χ2n) is 20.3. The molecule has 10 rings (SSSR count). The van der Waals surface area contributed by atoms with Crippen LogP contribution in [0.2, 0.25) is 0 Å². The minimum absolute atomic E-state index is 0.00477. The van der Waals surface area contributed by atoms with Crippen LogP contribution in [-0.2, 0) is 24.8 Å². The number of rotatable bonds is 10. The van der Waals surface area contributed by atoms with Crippen molar-refractivity contribution >= 4 is 80.9 Å². The van der Waals surface area contributed by atoms with Gasteiger partial charge in [0.1, 0.15) is 50.0 Å². The Labute approximate surface area is 432 Å². The molecule has 392 valence electrons. The van der Waals surface area contributed by atoms with Gasteiger partial charge in [-0.05, 0) is 103 Å². The van der Waals surface area contributed by atoms with Crippen molar-refractivity contribution in [1.82, 2.24) is 48.7 Å². The van der Waals surface area contributed by atoms with Crippen LogP contribution in [0.4, 0.5) is 16.4 Å². The van der Waals surface area contributed by atoms with Crippen molar-refractivity contribution < 1.29 is 26.4 Å². The summed E-state index contributed by atoms with van der Waals surface area (Å²) in [4.78, 5) is 66.6. The Kier molecular flexibility index (Phi) is 15.7. The number of hydrogen-bond acceptors (Lipinski definition) is 17. The molecule has 0 aliphatic carbocycles. The van der Waals surface area contributed by atoms with Gasteiger partial charge in [-0.3, -0.25) is 9.59 Å². The number of para-hydroxylation sites is 2. The second-order valence-corrected chi connectivity index (χ2v) is 26.3. The molecule has 6 aromatic rings. The first-order valence-corrected chi connectivity index (χ1v) is 30.2. The van der Waals surface area contributed by atoms with Gasteiger partial charge < -0.3 is 35.6 Å². The van der Waals surface area contributed by atoms with Crippen molar-refractivity contribution in [3.8, 4) is 21.1 Å². The van der Waals surface area contributed by atoms with E-state index in [1.165, 1.54) is 43.8 Å². The molecule has 73 heavy (non-hydrogen) atoms. The van der Waals surface area contributed by atoms with E-state index in [4.69, 9.17) is 24.7 Å². The van der Waals surface area contributed by atoms with E-state index in [-0.39, 0.29) is 41.1 Å². The highest BCUT2D eigenvalue weighted by atomic mass is 32.2. The molecule has 4 aliphatic heterocycles. The predicted octanol–water partition coefficient (Wildman–Crippen LogP) is 6.35. The normalized spacial score (nSPS) is 20.2. The van der Waals surface area contributed by atoms with E-state index in [1.807, 2.05) is 69.3 Å². The topological polar surface area (TPSA) is 258 Å². The number of carbonyl (C=O) groups is 1. The van der Waals surface area contributed by atoms with Gasteiger partial charge in [0, 0.05) is 69.7 Å². The van der Waals surface area contributed by atoms with E-state index < -0.39 is 25.6 Å². The maximum Gasteiger partial charge on any atom is 0.410 e. The summed E-state index contributed by atoms with van der Waals surface area (Å²) in [5, 5.41) is 11.6. The number of nitrogens with zero attached hydrogens (tertiary/aromatic N) is 7. The lowest BCUT2D eigenvalue weighted by molar-refractivity contribution is 0.0206. The molecule has 5 N–H and O–H groups in total. The number of ether oxygens (including phenoxy) is 1. The second kappa shape index (κ2) is 21.8. The van der Waals surface area contributed by atoms with Crippen LogP contribution in [0.15, 0.2) is 58.1 Å². The number of amides is 1. The van der Waals surface area contributed by atoms with Crippen molar-refractivity contribution in [3.63, 3.8) is 0 Å². The molecule has 4 fully saturated rings. The van der Waals surface area contributed by atoms with E-state index in [0.29, 0.717) is 109 Å². The molecule has 1 amide bonds. The van der Waals surface area contributed by atoms with Crippen LogP contribution >= 0.6 is 22.7 Å². The average Bonchev–Trinajstić information content (AvgIpc) is 3.98. The number of piperidine rings is 4. The first kappa shape index (κ1) is 52.5. The molecule has 4 aromatic heterocycles. The lowest BCUT2D eigenvalue weighted by Crippen LogP contribution is -2.47. The molecule has 4 saturated heterocycles. The Balaban J connectivity index is 0.000000183. The van der Waals surface area contributed by atoms with Gasteiger partial charge in [0.05, 0.1) is 32.9 Å². The van der Waals surface area contributed by atoms with Gasteiger partial charge in [0.15, 0.2) is 0 Å². The fraction of sp³-hybridized carbons (Fsp3) is 0.531. The lowest BCUT2D eigenvalue weighted by Gasteiger charge is -2.35. The summed E-state index contributed by atoms with van der Waals surface area (Å²) in [7, 11) is -6.47. The first-order valence-electron chi connectivity index (χ1n) is 24.9. The van der Waals surface area contributed by atoms with E-state index in [1.54, 1.807) is 4.90 Å². The predicted molar refractivity (Wildman–Crippen MR) is 288 cm³/mol. The monoisotopic (exact) mass is 1080 g/mol. The Morgan fingerprint density at radius 3 is 1.56 bits per heavy atom. The third-order valence-corrected chi connectivity index (χ3v) is 18.3. The number of aromatic nitrogens is 6. The van der Waals surface area contributed by atoms with Crippen molar-refractivity contribution in [1.29, 1.82) is 0 Å². The molecule has 4 aliphatic rings. The number of benzene rings is 2. The summed E-state index contributed by atoms with van der Waals surface area (Å²) in [6, 6.07) is 15.6. The standard InChI is InChI=1S/C27H36N6O5S2.C22H28N6O3S2/c1-27(2,3)38-26(35)32-13-7-8-18(16-32)28-23-21(25-29-19-9-5-6-10-20(19)39-25)24(34)31-22(30-23)17-11-14-33(15-12-17)40(4,36)37;1-33(30,31)28-11-8-14(9-12-28)19-26-20(24-15-5-4-10-23-13-15)18(21(29)27-19)22-25-16-6-2-3-7-17(16)32-22/h5-6,9-10,17-18H,7-8,11-16H2,1-4H3,(H2,28,30,31,34);2-3,6-7,14-15,23H,4-5,8-13H2,1H3,(H2,24,26,27,29)/t18-;15-/m11/s1. The Morgan fingerprint density at radius 1 is 0.658 bits per heavy atom. The van der Waals surface area contributed by atoms with E-state index in [2.05, 4.69) is 25.9 Å². The highest BCUT2D eigenvalue weighted by Crippen LogP contribution is 2.36. The molecule has 24 heteroatoms. The molecule has 0 radical (unpaired) electrons. The molecule has 0 spiro atoms. The van der Waals surface area contributed by atoms with Gasteiger partial charge in [-0.2, -0.15) is 0 Å². The maximum absolute atomic E-state index is 13.6. The van der Waals surface area contributed by atoms with Crippen LogP contribution in [0.25, 0.3) is 41.6 Å². The Morgan fingerprint density at radius 2 is 1.12 bits per heavy atom. The Bertz CT molecular complexity index is 3230. The largest absolute Gasteiger partial charge is 0.444 e. The molecule has 2 atom stereocenters. The van der Waals surface area contributed by atoms with Crippen molar-refractivity contribution in [3.05, 3.63) is 80.9 Å². The molecule has 2 aromatic carbocycles. The molecular formula is C49H64N12O8S4. The zero-order valence-electron chi connectivity index (χ0n) is 41.8. The summed E-state index contributed by atoms with van der Waals surface area (Å²) in [5.41, 5.74) is 1.41. The lowest BCUT2D eigenvalue weighted by atomic mass is 9.97. The van der Waals surface area contributed by atoms with Crippen LogP contribution in [0.1, 0.15) is 95.6 Å². The van der Waals surface area contributed by atoms with Crippen molar-refractivity contribution in [2.75, 3.05) is 75.5 Å². The van der Waals surface area contributed by atoms with E-state index in [0.717, 1.165) is 59.2 Å². The number of thiazole rings is 2. The average molecular weight is 1080 g/mol. The maximum atomic E-state index is 13.6. The highest BCUT2D eigenvalue weighted by Gasteiger charge is 2.33. The molecule has 0 bridgehead atoms. The number of aromatic amines is 2. The summed E-state index contributed by atoms with van der Waals surface area (Å²) < 4.78 is 58.2. The summed E-state index contributed by atoms with van der Waals surface area (Å²) in [6.07, 6.45) is 8.12. The number of H-pyrrole nitrogens is 2. The van der Waals surface area contributed by atoms with Gasteiger partial charge >= 0.3 is 6.09 Å². The first-order chi connectivity index (χ1) is 34.8. The molecule has 0 saturated carbocycles. The number of fused-ring (bicyclic) bond motifs is 2. The zero-order valence-corrected chi connectivity index (χ0v) is 45.0. The molecule has 8 heterocycles. The fourth-order valence-electron chi connectivity index (χ4n) is 9.80. The van der Waals surface area contributed by atoms with Gasteiger partial charge in [-0.1, -0.05) is 24.3 Å². The number of carbonyl (C=O) groups excluding carboxylic acids is 1. The molecule has 20 nitrogen and oxygen atoms in total. The van der Waals surface area contributed by atoms with Crippen LogP contribution < -0.4 is 27.1 Å². The summed E-state index contributed by atoms with van der Waals surface area (Å²) >= 11 is 2.91. The number of hydrogen-bond donors (Lipinski definition) is 5. The number of anilines is 2. The van der Waals surface area contributed by atoms with Gasteiger partial charge in [0.2, 0.25) is 20.0 Å². The molecule has 0 unspecified atom stereocenters. The number of likely N-dealkylation sites (tertiary alicyclic amines) is 1. The Hall–Kier alpha value is -5.37. The van der Waals surface area contributed by atoms with Crippen LogP contribution in [0.3, 0.4) is 0 Å². The van der Waals surface area contributed by atoms with Gasteiger partial charge in [0.25, 0.3) is 11.1 Å². The molecular weight excluding hydrogens is 1010 g/mol. The third-order valence-electron chi connectivity index (χ3n) is 13.6. The summed E-state index contributed by atoms with van der Waals surface area (Å²) in [5.74, 6) is 2.06. The smallest absolute Gasteiger partial charge is 0.410 e. The van der Waals surface area contributed by atoms with Crippen LogP contribution in [0, 0.1) is 0 Å². The van der Waals surface area contributed by atoms with Crippen molar-refractivity contribution in [2.45, 2.75) is 102 Å². The number of nitrogens with one attached hydrogen (secondary N) is 5. The highest BCUT2D eigenvalue weighted by molar-refractivity contribution is 7.88. The van der Waals surface area contributed by atoms with Crippen molar-refractivity contribution in [2.24, 2.45) is 0 Å². The third kappa shape index (κ3) is 12.8. The quantitative estimate of drug-likeness (QED) is 0.100. The fourth-order valence-corrected chi connectivity index (χ4v) is 13.6. The SMILES string of the molecule is CC(C)(C)OC(=O)N1CCC[C@@H](Nc2nc(C3CCN(S(C)(=O)=O)CC3)[nH]c(=O)c2-c2nc3ccccc3s2)C1.CS(=O)(=O)N1CCC(c2nc(N[C@@H]3CCCNC3)c(-c3nc4ccccc4s3)c(=O)[nH]2)CC1. The van der Waals surface area contributed by atoms with Crippen LogP contribution in [-0.4, -0.2) is 149 Å². The minimum atomic E-state index is -3.27. The zero-order chi connectivity index (χ0) is 51.7.